The Morgan fingerprint density at radius 2 is 2.00 bits per heavy atom. The number of halogens is 1. The lowest BCUT2D eigenvalue weighted by Gasteiger charge is -2.22. The van der Waals surface area contributed by atoms with Crippen molar-refractivity contribution in [3.8, 4) is 0 Å². The number of nitrogens with one attached hydrogen (secondary N) is 2. The maximum absolute atomic E-state index is 13.4. The minimum absolute atomic E-state index is 0.100. The van der Waals surface area contributed by atoms with E-state index >= 15 is 0 Å². The molecular formula is C15H23FN2O2. The van der Waals surface area contributed by atoms with Gasteiger partial charge < -0.3 is 15.4 Å². The lowest BCUT2D eigenvalue weighted by atomic mass is 10.2. The summed E-state index contributed by atoms with van der Waals surface area (Å²) in [7, 11) is 0. The number of ether oxygens (including phenoxy) is 1. The normalized spacial score (nSPS) is 12.8. The summed E-state index contributed by atoms with van der Waals surface area (Å²) in [5.41, 5.74) is 0.0988. The molecule has 1 aromatic rings. The second-order valence-corrected chi connectivity index (χ2v) is 5.77. The van der Waals surface area contributed by atoms with E-state index in [-0.39, 0.29) is 11.9 Å². The Morgan fingerprint density at radius 3 is 2.60 bits per heavy atom. The van der Waals surface area contributed by atoms with Gasteiger partial charge in [-0.1, -0.05) is 18.2 Å². The van der Waals surface area contributed by atoms with E-state index in [9.17, 15) is 9.18 Å². The summed E-state index contributed by atoms with van der Waals surface area (Å²) in [5.74, 6) is -0.229. The molecule has 0 aromatic heterocycles. The van der Waals surface area contributed by atoms with Gasteiger partial charge in [0.25, 0.3) is 0 Å². The molecule has 0 spiro atoms. The van der Waals surface area contributed by atoms with E-state index in [2.05, 4.69) is 10.6 Å². The molecule has 0 fully saturated rings. The molecule has 20 heavy (non-hydrogen) atoms. The lowest BCUT2D eigenvalue weighted by Crippen LogP contribution is -2.42. The van der Waals surface area contributed by atoms with Gasteiger partial charge in [-0.15, -0.1) is 0 Å². The molecule has 4 nitrogen and oxygen atoms in total. The van der Waals surface area contributed by atoms with Crippen LogP contribution in [0.25, 0.3) is 0 Å². The number of carbonyl (C=O) groups is 1. The van der Waals surface area contributed by atoms with Crippen LogP contribution in [0.3, 0.4) is 0 Å². The van der Waals surface area contributed by atoms with Gasteiger partial charge in [0.2, 0.25) is 0 Å². The molecule has 1 amide bonds. The first-order chi connectivity index (χ1) is 9.28. The van der Waals surface area contributed by atoms with Gasteiger partial charge in [0, 0.05) is 24.7 Å². The Balaban J connectivity index is 2.28. The van der Waals surface area contributed by atoms with Crippen molar-refractivity contribution in [2.24, 2.45) is 0 Å². The van der Waals surface area contributed by atoms with E-state index in [0.717, 1.165) is 0 Å². The van der Waals surface area contributed by atoms with Crippen molar-refractivity contribution in [1.82, 2.24) is 10.6 Å². The van der Waals surface area contributed by atoms with E-state index in [4.69, 9.17) is 4.74 Å². The minimum atomic E-state index is -0.510. The molecule has 1 aromatic carbocycles. The van der Waals surface area contributed by atoms with Crippen LogP contribution in [0.4, 0.5) is 9.18 Å². The Kier molecular flexibility index (Phi) is 5.95. The first kappa shape index (κ1) is 16.4. The van der Waals surface area contributed by atoms with Crippen LogP contribution in [0.5, 0.6) is 0 Å². The standard InChI is InChI=1S/C15H23FN2O2/c1-11(18-14(19)20-15(2,3)4)9-17-10-12-7-5-6-8-13(12)16/h5-8,11,17H,9-10H2,1-4H3,(H,18,19). The predicted molar refractivity (Wildman–Crippen MR) is 76.9 cm³/mol. The van der Waals surface area contributed by atoms with Crippen molar-refractivity contribution in [2.75, 3.05) is 6.54 Å². The van der Waals surface area contributed by atoms with Crippen LogP contribution >= 0.6 is 0 Å². The molecular weight excluding hydrogens is 259 g/mol. The van der Waals surface area contributed by atoms with Crippen molar-refractivity contribution in [1.29, 1.82) is 0 Å². The summed E-state index contributed by atoms with van der Waals surface area (Å²) in [6, 6.07) is 6.51. The third kappa shape index (κ3) is 6.52. The Morgan fingerprint density at radius 1 is 1.35 bits per heavy atom. The summed E-state index contributed by atoms with van der Waals surface area (Å²) in [5, 5.41) is 5.82. The van der Waals surface area contributed by atoms with Gasteiger partial charge in [0.05, 0.1) is 0 Å². The van der Waals surface area contributed by atoms with Gasteiger partial charge in [0.1, 0.15) is 11.4 Å². The minimum Gasteiger partial charge on any atom is -0.444 e. The Labute approximate surface area is 119 Å². The monoisotopic (exact) mass is 282 g/mol. The second-order valence-electron chi connectivity index (χ2n) is 5.77. The van der Waals surface area contributed by atoms with Crippen LogP contribution < -0.4 is 10.6 Å². The summed E-state index contributed by atoms with van der Waals surface area (Å²) in [6.45, 7) is 8.26. The highest BCUT2D eigenvalue weighted by Crippen LogP contribution is 2.07. The zero-order valence-corrected chi connectivity index (χ0v) is 12.5. The fourth-order valence-electron chi connectivity index (χ4n) is 1.62. The van der Waals surface area contributed by atoms with E-state index in [1.54, 1.807) is 18.2 Å². The topological polar surface area (TPSA) is 50.4 Å². The number of carbonyl (C=O) groups excluding carboxylic acids is 1. The molecule has 112 valence electrons. The molecule has 0 aliphatic heterocycles. The maximum atomic E-state index is 13.4. The van der Waals surface area contributed by atoms with E-state index in [1.807, 2.05) is 27.7 Å². The smallest absolute Gasteiger partial charge is 0.407 e. The van der Waals surface area contributed by atoms with Crippen molar-refractivity contribution in [3.63, 3.8) is 0 Å². The second kappa shape index (κ2) is 7.24. The first-order valence-electron chi connectivity index (χ1n) is 6.71. The molecule has 0 saturated heterocycles. The molecule has 0 bridgehead atoms. The Hall–Kier alpha value is -1.62. The highest BCUT2D eigenvalue weighted by Gasteiger charge is 2.17. The van der Waals surface area contributed by atoms with Gasteiger partial charge in [-0.25, -0.2) is 9.18 Å². The zero-order valence-electron chi connectivity index (χ0n) is 12.5. The summed E-state index contributed by atoms with van der Waals surface area (Å²) in [4.78, 5) is 11.5. The Bertz CT molecular complexity index is 444. The largest absolute Gasteiger partial charge is 0.444 e. The van der Waals surface area contributed by atoms with Crippen LogP contribution in [0, 0.1) is 5.82 Å². The SMILES string of the molecule is CC(CNCc1ccccc1F)NC(=O)OC(C)(C)C. The zero-order chi connectivity index (χ0) is 15.2. The van der Waals surface area contributed by atoms with Crippen LogP contribution in [0.15, 0.2) is 24.3 Å². The lowest BCUT2D eigenvalue weighted by molar-refractivity contribution is 0.0508. The first-order valence-corrected chi connectivity index (χ1v) is 6.71. The molecule has 2 N–H and O–H groups in total. The van der Waals surface area contributed by atoms with E-state index < -0.39 is 11.7 Å². The third-order valence-electron chi connectivity index (χ3n) is 2.49. The maximum Gasteiger partial charge on any atom is 0.407 e. The van der Waals surface area contributed by atoms with Crippen molar-refractivity contribution in [3.05, 3.63) is 35.6 Å². The molecule has 0 radical (unpaired) electrons. The van der Waals surface area contributed by atoms with Crippen molar-refractivity contribution in [2.45, 2.75) is 45.9 Å². The summed E-state index contributed by atoms with van der Waals surface area (Å²) >= 11 is 0. The molecule has 1 rings (SSSR count). The number of alkyl carbamates (subject to hydrolysis) is 1. The summed E-state index contributed by atoms with van der Waals surface area (Å²) < 4.78 is 18.5. The molecule has 0 aliphatic carbocycles. The molecule has 0 saturated carbocycles. The van der Waals surface area contributed by atoms with Crippen LogP contribution in [0.2, 0.25) is 0 Å². The molecule has 5 heteroatoms. The highest BCUT2D eigenvalue weighted by molar-refractivity contribution is 5.68. The summed E-state index contributed by atoms with van der Waals surface area (Å²) in [6.07, 6.45) is -0.447. The van der Waals surface area contributed by atoms with Crippen molar-refractivity contribution >= 4 is 6.09 Å². The average molecular weight is 282 g/mol. The van der Waals surface area contributed by atoms with E-state index in [0.29, 0.717) is 18.7 Å². The molecule has 0 aliphatic rings. The number of hydrogen-bond donors (Lipinski definition) is 2. The van der Waals surface area contributed by atoms with Gasteiger partial charge in [-0.05, 0) is 33.8 Å². The van der Waals surface area contributed by atoms with Crippen LogP contribution in [-0.4, -0.2) is 24.3 Å². The average Bonchev–Trinajstić information content (AvgIpc) is 2.28. The van der Waals surface area contributed by atoms with Gasteiger partial charge in [-0.3, -0.25) is 0 Å². The quantitative estimate of drug-likeness (QED) is 0.873. The molecule has 1 unspecified atom stereocenters. The van der Waals surface area contributed by atoms with E-state index in [1.165, 1.54) is 6.07 Å². The molecule has 0 heterocycles. The fraction of sp³-hybridized carbons (Fsp3) is 0.533. The fourth-order valence-corrected chi connectivity index (χ4v) is 1.62. The highest BCUT2D eigenvalue weighted by atomic mass is 19.1. The third-order valence-corrected chi connectivity index (χ3v) is 2.49. The number of amides is 1. The van der Waals surface area contributed by atoms with Gasteiger partial charge in [0.15, 0.2) is 0 Å². The van der Waals surface area contributed by atoms with Gasteiger partial charge >= 0.3 is 6.09 Å². The number of rotatable bonds is 5. The van der Waals surface area contributed by atoms with Crippen LogP contribution in [0.1, 0.15) is 33.3 Å². The van der Waals surface area contributed by atoms with Crippen molar-refractivity contribution < 1.29 is 13.9 Å². The number of benzene rings is 1. The van der Waals surface area contributed by atoms with Gasteiger partial charge in [-0.2, -0.15) is 0 Å². The number of hydrogen-bond acceptors (Lipinski definition) is 3. The molecule has 1 atom stereocenters. The predicted octanol–water partition coefficient (Wildman–Crippen LogP) is 2.83. The van der Waals surface area contributed by atoms with Crippen LogP contribution in [-0.2, 0) is 11.3 Å².